The number of hydrogen-bond donors (Lipinski definition) is 1. The lowest BCUT2D eigenvalue weighted by molar-refractivity contribution is 0.140. The molecule has 1 heteroatoms. The molecule has 0 aromatic carbocycles. The van der Waals surface area contributed by atoms with E-state index in [0.29, 0.717) is 5.92 Å². The Morgan fingerprint density at radius 1 is 0.882 bits per heavy atom. The number of rotatable bonds is 0. The van der Waals surface area contributed by atoms with E-state index >= 15 is 0 Å². The summed E-state index contributed by atoms with van der Waals surface area (Å²) in [6.07, 6.45) is 18.5. The van der Waals surface area contributed by atoms with Crippen molar-refractivity contribution in [2.45, 2.75) is 83.7 Å². The van der Waals surface area contributed by atoms with E-state index in [1.54, 1.807) is 0 Å². The van der Waals surface area contributed by atoms with Crippen LogP contribution in [0.4, 0.5) is 0 Å². The second-order valence-corrected chi connectivity index (χ2v) is 5.70. The van der Waals surface area contributed by atoms with Gasteiger partial charge in [-0.2, -0.15) is 0 Å². The summed E-state index contributed by atoms with van der Waals surface area (Å²) in [5, 5.41) is 9.91. The predicted octanol–water partition coefficient (Wildman–Crippen LogP) is 4.84. The van der Waals surface area contributed by atoms with Crippen LogP contribution < -0.4 is 0 Å². The summed E-state index contributed by atoms with van der Waals surface area (Å²) in [6.45, 7) is 2.22. The first-order valence-corrected chi connectivity index (χ1v) is 7.64. The van der Waals surface area contributed by atoms with Crippen molar-refractivity contribution in [1.29, 1.82) is 0 Å². The Hall–Kier alpha value is -0.300. The van der Waals surface area contributed by atoms with Crippen molar-refractivity contribution in [3.63, 3.8) is 0 Å². The maximum atomic E-state index is 9.91. The molecule has 0 amide bonds. The van der Waals surface area contributed by atoms with Crippen LogP contribution in [0.1, 0.15) is 77.6 Å². The van der Waals surface area contributed by atoms with E-state index in [1.807, 2.05) is 0 Å². The van der Waals surface area contributed by atoms with Gasteiger partial charge in [0.1, 0.15) is 0 Å². The molecule has 17 heavy (non-hydrogen) atoms. The molecule has 2 atom stereocenters. The first-order chi connectivity index (χ1) is 8.29. The van der Waals surface area contributed by atoms with Crippen molar-refractivity contribution in [3.8, 4) is 0 Å². The van der Waals surface area contributed by atoms with E-state index in [2.05, 4.69) is 19.1 Å². The highest BCUT2D eigenvalue weighted by atomic mass is 16.3. The lowest BCUT2D eigenvalue weighted by Gasteiger charge is -2.13. The minimum absolute atomic E-state index is 0.0835. The Labute approximate surface area is 107 Å². The van der Waals surface area contributed by atoms with Gasteiger partial charge in [0.25, 0.3) is 0 Å². The lowest BCUT2D eigenvalue weighted by atomic mass is 9.98. The van der Waals surface area contributed by atoms with Gasteiger partial charge in [-0.3, -0.25) is 0 Å². The van der Waals surface area contributed by atoms with Crippen LogP contribution in [0.25, 0.3) is 0 Å². The third-order valence-electron chi connectivity index (χ3n) is 3.77. The maximum absolute atomic E-state index is 9.91. The highest BCUT2D eigenvalue weighted by Gasteiger charge is 2.07. The fourth-order valence-corrected chi connectivity index (χ4v) is 2.66. The highest BCUT2D eigenvalue weighted by molar-refractivity contribution is 4.87. The first-order valence-electron chi connectivity index (χ1n) is 7.64. The molecule has 0 heterocycles. The standard InChI is InChI=1S/C16H30O/c1-15-12-10-8-6-4-2-3-5-7-9-11-13-16(17)14-15/h10,12,15-17H,2-9,11,13-14H2,1H3/b12-10-/t15-,16?/m0/s1. The molecule has 0 saturated carbocycles. The van der Waals surface area contributed by atoms with Crippen molar-refractivity contribution in [3.05, 3.63) is 12.2 Å². The van der Waals surface area contributed by atoms with Crippen molar-refractivity contribution in [2.75, 3.05) is 0 Å². The van der Waals surface area contributed by atoms with Gasteiger partial charge in [0, 0.05) is 0 Å². The van der Waals surface area contributed by atoms with Crippen LogP contribution >= 0.6 is 0 Å². The van der Waals surface area contributed by atoms with Crippen LogP contribution in [0.15, 0.2) is 12.2 Å². The normalized spacial score (nSPS) is 32.4. The molecule has 1 aliphatic rings. The quantitative estimate of drug-likeness (QED) is 0.598. The molecule has 100 valence electrons. The molecule has 0 aromatic heterocycles. The van der Waals surface area contributed by atoms with E-state index in [1.165, 1.54) is 57.8 Å². The molecule has 1 unspecified atom stereocenters. The second-order valence-electron chi connectivity index (χ2n) is 5.70. The van der Waals surface area contributed by atoms with Crippen LogP contribution in [0.2, 0.25) is 0 Å². The third kappa shape index (κ3) is 8.43. The summed E-state index contributed by atoms with van der Waals surface area (Å²) >= 11 is 0. The molecular weight excluding hydrogens is 208 g/mol. The summed E-state index contributed by atoms with van der Waals surface area (Å²) in [4.78, 5) is 0. The molecule has 0 fully saturated rings. The number of aliphatic hydroxyl groups excluding tert-OH is 1. The summed E-state index contributed by atoms with van der Waals surface area (Å²) in [6, 6.07) is 0. The molecule has 1 rings (SSSR count). The van der Waals surface area contributed by atoms with Crippen molar-refractivity contribution < 1.29 is 5.11 Å². The summed E-state index contributed by atoms with van der Waals surface area (Å²) in [5.74, 6) is 0.537. The van der Waals surface area contributed by atoms with Crippen LogP contribution in [-0.4, -0.2) is 11.2 Å². The molecule has 0 bridgehead atoms. The summed E-state index contributed by atoms with van der Waals surface area (Å²) in [5.41, 5.74) is 0. The largest absolute Gasteiger partial charge is 0.393 e. The Morgan fingerprint density at radius 3 is 2.18 bits per heavy atom. The zero-order valence-electron chi connectivity index (χ0n) is 11.5. The van der Waals surface area contributed by atoms with E-state index in [0.717, 1.165) is 12.8 Å². The van der Waals surface area contributed by atoms with Crippen LogP contribution in [0.5, 0.6) is 0 Å². The smallest absolute Gasteiger partial charge is 0.0545 e. The molecule has 0 aromatic rings. The van der Waals surface area contributed by atoms with Gasteiger partial charge in [-0.1, -0.05) is 64.0 Å². The molecule has 0 saturated heterocycles. The predicted molar refractivity (Wildman–Crippen MR) is 75.1 cm³/mol. The van der Waals surface area contributed by atoms with Crippen molar-refractivity contribution >= 4 is 0 Å². The second kappa shape index (κ2) is 9.70. The van der Waals surface area contributed by atoms with E-state index in [-0.39, 0.29) is 6.10 Å². The van der Waals surface area contributed by atoms with Crippen LogP contribution in [0.3, 0.4) is 0 Å². The minimum atomic E-state index is -0.0835. The fraction of sp³-hybridized carbons (Fsp3) is 0.875. The number of hydrogen-bond acceptors (Lipinski definition) is 1. The summed E-state index contributed by atoms with van der Waals surface area (Å²) in [7, 11) is 0. The first kappa shape index (κ1) is 14.8. The third-order valence-corrected chi connectivity index (χ3v) is 3.77. The lowest BCUT2D eigenvalue weighted by Crippen LogP contribution is -2.10. The molecule has 1 N–H and O–H groups in total. The van der Waals surface area contributed by atoms with Crippen molar-refractivity contribution in [2.24, 2.45) is 5.92 Å². The number of aliphatic hydroxyl groups is 1. The monoisotopic (exact) mass is 238 g/mol. The van der Waals surface area contributed by atoms with E-state index in [4.69, 9.17) is 0 Å². The molecular formula is C16H30O. The average molecular weight is 238 g/mol. The molecule has 0 aliphatic heterocycles. The van der Waals surface area contributed by atoms with Gasteiger partial charge in [0.15, 0.2) is 0 Å². The van der Waals surface area contributed by atoms with Gasteiger partial charge in [-0.15, -0.1) is 0 Å². The van der Waals surface area contributed by atoms with Crippen LogP contribution in [0, 0.1) is 5.92 Å². The van der Waals surface area contributed by atoms with Gasteiger partial charge in [0.05, 0.1) is 6.10 Å². The molecule has 1 nitrogen and oxygen atoms in total. The van der Waals surface area contributed by atoms with Gasteiger partial charge >= 0.3 is 0 Å². The SMILES string of the molecule is C[C@H]1/C=C\CCCCCCCCCCC(O)C1. The van der Waals surface area contributed by atoms with Crippen LogP contribution in [-0.2, 0) is 0 Å². The zero-order chi connectivity index (χ0) is 12.3. The Morgan fingerprint density at radius 2 is 1.47 bits per heavy atom. The Balaban J connectivity index is 2.29. The van der Waals surface area contributed by atoms with E-state index in [9.17, 15) is 5.11 Å². The van der Waals surface area contributed by atoms with Gasteiger partial charge < -0.3 is 5.11 Å². The van der Waals surface area contributed by atoms with Gasteiger partial charge in [0.2, 0.25) is 0 Å². The maximum Gasteiger partial charge on any atom is 0.0545 e. The molecule has 0 spiro atoms. The van der Waals surface area contributed by atoms with Crippen molar-refractivity contribution in [1.82, 2.24) is 0 Å². The zero-order valence-corrected chi connectivity index (χ0v) is 11.5. The Bertz CT molecular complexity index is 198. The molecule has 0 radical (unpaired) electrons. The Kier molecular flexibility index (Phi) is 8.42. The highest BCUT2D eigenvalue weighted by Crippen LogP contribution is 2.16. The van der Waals surface area contributed by atoms with Gasteiger partial charge in [-0.25, -0.2) is 0 Å². The van der Waals surface area contributed by atoms with Gasteiger partial charge in [-0.05, 0) is 31.6 Å². The minimum Gasteiger partial charge on any atom is -0.393 e. The topological polar surface area (TPSA) is 20.2 Å². The average Bonchev–Trinajstić information content (AvgIpc) is 2.30. The number of allylic oxidation sites excluding steroid dienone is 2. The fourth-order valence-electron chi connectivity index (χ4n) is 2.66. The summed E-state index contributed by atoms with van der Waals surface area (Å²) < 4.78 is 0. The molecule has 1 aliphatic carbocycles. The van der Waals surface area contributed by atoms with E-state index < -0.39 is 0 Å².